The Bertz CT molecular complexity index is 405. The van der Waals surface area contributed by atoms with Crippen LogP contribution in [-0.2, 0) is 6.54 Å². The second kappa shape index (κ2) is 5.06. The average Bonchev–Trinajstić information content (AvgIpc) is 2.33. The molecule has 0 spiro atoms. The summed E-state index contributed by atoms with van der Waals surface area (Å²) < 4.78 is 13.6. The van der Waals surface area contributed by atoms with Crippen LogP contribution < -0.4 is 5.32 Å². The first-order chi connectivity index (χ1) is 7.79. The van der Waals surface area contributed by atoms with Crippen molar-refractivity contribution in [3.8, 4) is 6.07 Å². The lowest BCUT2D eigenvalue weighted by molar-refractivity contribution is 0.230. The molecule has 1 fully saturated rings. The molecule has 1 heterocycles. The van der Waals surface area contributed by atoms with Crippen LogP contribution in [0, 0.1) is 17.1 Å². The summed E-state index contributed by atoms with van der Waals surface area (Å²) >= 11 is 0. The van der Waals surface area contributed by atoms with Gasteiger partial charge in [0.2, 0.25) is 0 Å². The lowest BCUT2D eigenvalue weighted by Gasteiger charge is -2.27. The van der Waals surface area contributed by atoms with Crippen molar-refractivity contribution in [2.24, 2.45) is 0 Å². The molecule has 0 amide bonds. The first-order valence-corrected chi connectivity index (χ1v) is 5.41. The third-order valence-electron chi connectivity index (χ3n) is 2.79. The highest BCUT2D eigenvalue weighted by atomic mass is 19.1. The number of nitriles is 1. The van der Waals surface area contributed by atoms with Crippen LogP contribution in [0.1, 0.15) is 11.1 Å². The first kappa shape index (κ1) is 11.1. The molecule has 0 radical (unpaired) electrons. The predicted molar refractivity (Wildman–Crippen MR) is 59.3 cm³/mol. The zero-order chi connectivity index (χ0) is 11.4. The molecule has 1 aliphatic rings. The monoisotopic (exact) mass is 219 g/mol. The van der Waals surface area contributed by atoms with Crippen LogP contribution in [0.4, 0.5) is 4.39 Å². The molecule has 0 bridgehead atoms. The average molecular weight is 219 g/mol. The summed E-state index contributed by atoms with van der Waals surface area (Å²) in [5.74, 6) is -0.280. The summed E-state index contributed by atoms with van der Waals surface area (Å²) in [5.41, 5.74) is 1.04. The molecule has 16 heavy (non-hydrogen) atoms. The molecule has 0 atom stereocenters. The molecule has 0 aromatic heterocycles. The standard InChI is InChI=1S/C12H14FN3/c13-12-7-10(8-14)1-2-11(12)9-16-5-3-15-4-6-16/h1-2,7,15H,3-6,9H2. The molecule has 1 aromatic rings. The van der Waals surface area contributed by atoms with Crippen LogP contribution in [0.15, 0.2) is 18.2 Å². The molecular formula is C12H14FN3. The normalized spacial score (nSPS) is 17.0. The van der Waals surface area contributed by atoms with Crippen molar-refractivity contribution >= 4 is 0 Å². The summed E-state index contributed by atoms with van der Waals surface area (Å²) in [7, 11) is 0. The molecule has 2 rings (SSSR count). The Morgan fingerprint density at radius 1 is 1.38 bits per heavy atom. The van der Waals surface area contributed by atoms with E-state index in [0.29, 0.717) is 17.7 Å². The van der Waals surface area contributed by atoms with E-state index < -0.39 is 0 Å². The fourth-order valence-electron chi connectivity index (χ4n) is 1.86. The molecule has 0 saturated carbocycles. The third kappa shape index (κ3) is 2.57. The van der Waals surface area contributed by atoms with Crippen LogP contribution in [-0.4, -0.2) is 31.1 Å². The van der Waals surface area contributed by atoms with Gasteiger partial charge in [-0.1, -0.05) is 6.07 Å². The topological polar surface area (TPSA) is 39.1 Å². The molecule has 4 heteroatoms. The van der Waals surface area contributed by atoms with Crippen molar-refractivity contribution in [1.29, 1.82) is 5.26 Å². The Balaban J connectivity index is 2.06. The van der Waals surface area contributed by atoms with E-state index in [2.05, 4.69) is 10.2 Å². The minimum atomic E-state index is -0.280. The fourth-order valence-corrected chi connectivity index (χ4v) is 1.86. The number of halogens is 1. The Labute approximate surface area is 94.5 Å². The molecule has 1 saturated heterocycles. The van der Waals surface area contributed by atoms with Gasteiger partial charge in [-0.05, 0) is 12.1 Å². The Kier molecular flexibility index (Phi) is 3.50. The van der Waals surface area contributed by atoms with Crippen molar-refractivity contribution in [1.82, 2.24) is 10.2 Å². The van der Waals surface area contributed by atoms with Crippen LogP contribution >= 0.6 is 0 Å². The van der Waals surface area contributed by atoms with E-state index in [4.69, 9.17) is 5.26 Å². The maximum Gasteiger partial charge on any atom is 0.129 e. The third-order valence-corrected chi connectivity index (χ3v) is 2.79. The van der Waals surface area contributed by atoms with Gasteiger partial charge in [-0.15, -0.1) is 0 Å². The minimum Gasteiger partial charge on any atom is -0.314 e. The lowest BCUT2D eigenvalue weighted by atomic mass is 10.1. The smallest absolute Gasteiger partial charge is 0.129 e. The van der Waals surface area contributed by atoms with Crippen LogP contribution in [0.25, 0.3) is 0 Å². The molecule has 3 nitrogen and oxygen atoms in total. The van der Waals surface area contributed by atoms with Gasteiger partial charge in [0.1, 0.15) is 5.82 Å². The summed E-state index contributed by atoms with van der Waals surface area (Å²) in [6, 6.07) is 6.61. The van der Waals surface area contributed by atoms with Crippen molar-refractivity contribution in [3.63, 3.8) is 0 Å². The minimum absolute atomic E-state index is 0.280. The molecule has 0 unspecified atom stereocenters. The van der Waals surface area contributed by atoms with Crippen LogP contribution in [0.5, 0.6) is 0 Å². The van der Waals surface area contributed by atoms with Gasteiger partial charge in [-0.3, -0.25) is 4.90 Å². The summed E-state index contributed by atoms with van der Waals surface area (Å²) in [4.78, 5) is 2.21. The molecule has 1 aliphatic heterocycles. The Hall–Kier alpha value is -1.44. The highest BCUT2D eigenvalue weighted by Gasteiger charge is 2.12. The number of piperazine rings is 1. The van der Waals surface area contributed by atoms with Gasteiger partial charge in [-0.2, -0.15) is 5.26 Å². The molecule has 1 aromatic carbocycles. The van der Waals surface area contributed by atoms with Gasteiger partial charge >= 0.3 is 0 Å². The molecule has 84 valence electrons. The van der Waals surface area contributed by atoms with Crippen molar-refractivity contribution in [2.75, 3.05) is 26.2 Å². The van der Waals surface area contributed by atoms with Gasteiger partial charge in [0, 0.05) is 38.3 Å². The van der Waals surface area contributed by atoms with Gasteiger partial charge in [0.25, 0.3) is 0 Å². The van der Waals surface area contributed by atoms with Crippen molar-refractivity contribution < 1.29 is 4.39 Å². The SMILES string of the molecule is N#Cc1ccc(CN2CCNCC2)c(F)c1. The van der Waals surface area contributed by atoms with Gasteiger partial charge in [0.05, 0.1) is 11.6 Å². The molecule has 1 N–H and O–H groups in total. The predicted octanol–water partition coefficient (Wildman–Crippen LogP) is 1.10. The Morgan fingerprint density at radius 3 is 2.75 bits per heavy atom. The second-order valence-corrected chi connectivity index (χ2v) is 3.94. The lowest BCUT2D eigenvalue weighted by Crippen LogP contribution is -2.43. The van der Waals surface area contributed by atoms with Crippen molar-refractivity contribution in [3.05, 3.63) is 35.1 Å². The highest BCUT2D eigenvalue weighted by molar-refractivity contribution is 5.32. The zero-order valence-electron chi connectivity index (χ0n) is 9.04. The van der Waals surface area contributed by atoms with E-state index in [-0.39, 0.29) is 5.82 Å². The first-order valence-electron chi connectivity index (χ1n) is 5.41. The summed E-state index contributed by atoms with van der Waals surface area (Å²) in [6.07, 6.45) is 0. The van der Waals surface area contributed by atoms with Gasteiger partial charge < -0.3 is 5.32 Å². The number of rotatable bonds is 2. The van der Waals surface area contributed by atoms with Gasteiger partial charge in [-0.25, -0.2) is 4.39 Å². The highest BCUT2D eigenvalue weighted by Crippen LogP contribution is 2.12. The van der Waals surface area contributed by atoms with Crippen LogP contribution in [0.3, 0.4) is 0 Å². The number of nitrogens with one attached hydrogen (secondary N) is 1. The van der Waals surface area contributed by atoms with Gasteiger partial charge in [0.15, 0.2) is 0 Å². The number of nitrogens with zero attached hydrogens (tertiary/aromatic N) is 2. The summed E-state index contributed by atoms with van der Waals surface area (Å²) in [6.45, 7) is 4.42. The molecule has 0 aliphatic carbocycles. The second-order valence-electron chi connectivity index (χ2n) is 3.94. The zero-order valence-corrected chi connectivity index (χ0v) is 9.04. The number of hydrogen-bond donors (Lipinski definition) is 1. The number of hydrogen-bond acceptors (Lipinski definition) is 3. The quantitative estimate of drug-likeness (QED) is 0.809. The maximum absolute atomic E-state index is 13.6. The van der Waals surface area contributed by atoms with E-state index in [1.165, 1.54) is 6.07 Å². The van der Waals surface area contributed by atoms with E-state index >= 15 is 0 Å². The maximum atomic E-state index is 13.6. The van der Waals surface area contributed by atoms with Crippen molar-refractivity contribution in [2.45, 2.75) is 6.54 Å². The fraction of sp³-hybridized carbons (Fsp3) is 0.417. The van der Waals surface area contributed by atoms with E-state index in [9.17, 15) is 4.39 Å². The molecular weight excluding hydrogens is 205 g/mol. The van der Waals surface area contributed by atoms with E-state index in [1.54, 1.807) is 12.1 Å². The summed E-state index contributed by atoms with van der Waals surface area (Å²) in [5, 5.41) is 11.9. The number of benzene rings is 1. The van der Waals surface area contributed by atoms with E-state index in [0.717, 1.165) is 26.2 Å². The Morgan fingerprint density at radius 2 is 2.12 bits per heavy atom. The largest absolute Gasteiger partial charge is 0.314 e. The van der Waals surface area contributed by atoms with Crippen LogP contribution in [0.2, 0.25) is 0 Å². The van der Waals surface area contributed by atoms with E-state index in [1.807, 2.05) is 6.07 Å².